The maximum Gasteiger partial charge on any atom is 0.0739 e. The van der Waals surface area contributed by atoms with Crippen molar-refractivity contribution in [1.29, 1.82) is 0 Å². The van der Waals surface area contributed by atoms with E-state index in [1.165, 1.54) is 5.69 Å². The SMILES string of the molecule is CC#CCNCc1c(Br)c(C)nn1CC. The maximum atomic E-state index is 4.42. The van der Waals surface area contributed by atoms with Gasteiger partial charge in [0.05, 0.1) is 22.4 Å². The lowest BCUT2D eigenvalue weighted by atomic mass is 10.3. The summed E-state index contributed by atoms with van der Waals surface area (Å²) < 4.78 is 3.10. The van der Waals surface area contributed by atoms with Gasteiger partial charge in [0.1, 0.15) is 0 Å². The highest BCUT2D eigenvalue weighted by Gasteiger charge is 2.10. The number of nitrogens with one attached hydrogen (secondary N) is 1. The van der Waals surface area contributed by atoms with E-state index in [9.17, 15) is 0 Å². The van der Waals surface area contributed by atoms with Gasteiger partial charge in [-0.2, -0.15) is 5.10 Å². The third-order valence-electron chi connectivity index (χ3n) is 2.14. The molecule has 1 N–H and O–H groups in total. The number of halogens is 1. The number of rotatable bonds is 4. The molecule has 0 bridgehead atoms. The van der Waals surface area contributed by atoms with Crippen molar-refractivity contribution in [1.82, 2.24) is 15.1 Å². The number of aryl methyl sites for hydroxylation is 2. The predicted octanol–water partition coefficient (Wildman–Crippen LogP) is 2.09. The molecule has 0 radical (unpaired) electrons. The van der Waals surface area contributed by atoms with Crippen LogP contribution in [0.15, 0.2) is 4.47 Å². The molecule has 0 aromatic carbocycles. The van der Waals surface area contributed by atoms with Crippen LogP contribution in [0.4, 0.5) is 0 Å². The van der Waals surface area contributed by atoms with Gasteiger partial charge in [0.2, 0.25) is 0 Å². The summed E-state index contributed by atoms with van der Waals surface area (Å²) in [5.41, 5.74) is 2.23. The predicted molar refractivity (Wildman–Crippen MR) is 65.5 cm³/mol. The minimum atomic E-state index is 0.719. The summed E-state index contributed by atoms with van der Waals surface area (Å²) in [6, 6.07) is 0. The second-order valence-electron chi connectivity index (χ2n) is 3.19. The molecule has 1 rings (SSSR count). The molecule has 0 fully saturated rings. The second-order valence-corrected chi connectivity index (χ2v) is 3.99. The van der Waals surface area contributed by atoms with Gasteiger partial charge in [-0.15, -0.1) is 5.92 Å². The van der Waals surface area contributed by atoms with Crippen molar-refractivity contribution in [2.24, 2.45) is 0 Å². The summed E-state index contributed by atoms with van der Waals surface area (Å²) in [4.78, 5) is 0. The fourth-order valence-corrected chi connectivity index (χ4v) is 1.79. The van der Waals surface area contributed by atoms with E-state index in [4.69, 9.17) is 0 Å². The van der Waals surface area contributed by atoms with Gasteiger partial charge in [0.25, 0.3) is 0 Å². The minimum absolute atomic E-state index is 0.719. The Hall–Kier alpha value is -0.790. The number of aromatic nitrogens is 2. The Kier molecular flexibility index (Phi) is 4.86. The minimum Gasteiger partial charge on any atom is -0.301 e. The van der Waals surface area contributed by atoms with E-state index >= 15 is 0 Å². The first-order valence-electron chi connectivity index (χ1n) is 5.02. The molecule has 0 unspecified atom stereocenters. The molecule has 0 aliphatic heterocycles. The molecule has 0 aliphatic carbocycles. The zero-order chi connectivity index (χ0) is 11.3. The number of hydrogen-bond donors (Lipinski definition) is 1. The topological polar surface area (TPSA) is 29.9 Å². The molecule has 0 atom stereocenters. The highest BCUT2D eigenvalue weighted by molar-refractivity contribution is 9.10. The van der Waals surface area contributed by atoms with E-state index in [0.29, 0.717) is 0 Å². The largest absolute Gasteiger partial charge is 0.301 e. The lowest BCUT2D eigenvalue weighted by Gasteiger charge is -2.05. The van der Waals surface area contributed by atoms with Gasteiger partial charge in [0.15, 0.2) is 0 Å². The Morgan fingerprint density at radius 2 is 2.27 bits per heavy atom. The Balaban J connectivity index is 2.69. The first-order valence-corrected chi connectivity index (χ1v) is 5.82. The van der Waals surface area contributed by atoms with Crippen LogP contribution < -0.4 is 5.32 Å². The average molecular weight is 270 g/mol. The quantitative estimate of drug-likeness (QED) is 0.670. The fourth-order valence-electron chi connectivity index (χ4n) is 1.37. The van der Waals surface area contributed by atoms with Crippen LogP contribution in [0.1, 0.15) is 25.2 Å². The Labute approximate surface area is 99.4 Å². The molecule has 4 heteroatoms. The lowest BCUT2D eigenvalue weighted by molar-refractivity contribution is 0.593. The van der Waals surface area contributed by atoms with Crippen LogP contribution in [0.5, 0.6) is 0 Å². The van der Waals surface area contributed by atoms with Crippen molar-refractivity contribution in [2.75, 3.05) is 6.54 Å². The highest BCUT2D eigenvalue weighted by atomic mass is 79.9. The Bertz CT molecular complexity index is 385. The smallest absolute Gasteiger partial charge is 0.0739 e. The van der Waals surface area contributed by atoms with Crippen molar-refractivity contribution in [3.63, 3.8) is 0 Å². The highest BCUT2D eigenvalue weighted by Crippen LogP contribution is 2.20. The van der Waals surface area contributed by atoms with Crippen molar-refractivity contribution < 1.29 is 0 Å². The van der Waals surface area contributed by atoms with E-state index in [-0.39, 0.29) is 0 Å². The summed E-state index contributed by atoms with van der Waals surface area (Å²) in [5, 5.41) is 7.69. The molecule has 1 heterocycles. The van der Waals surface area contributed by atoms with Crippen LogP contribution in [-0.4, -0.2) is 16.3 Å². The molecule has 1 aromatic rings. The normalized spacial score (nSPS) is 9.87. The third kappa shape index (κ3) is 3.08. The molecular formula is C11H16BrN3. The van der Waals surface area contributed by atoms with Gasteiger partial charge in [0, 0.05) is 13.1 Å². The summed E-state index contributed by atoms with van der Waals surface area (Å²) in [6.45, 7) is 8.35. The molecule has 0 amide bonds. The zero-order valence-corrected chi connectivity index (χ0v) is 11.0. The lowest BCUT2D eigenvalue weighted by Crippen LogP contribution is -2.17. The van der Waals surface area contributed by atoms with Crippen molar-refractivity contribution in [3.8, 4) is 11.8 Å². The summed E-state index contributed by atoms with van der Waals surface area (Å²) >= 11 is 3.55. The molecule has 0 saturated carbocycles. The molecule has 1 aromatic heterocycles. The Morgan fingerprint density at radius 3 is 2.87 bits per heavy atom. The third-order valence-corrected chi connectivity index (χ3v) is 3.17. The standard InChI is InChI=1S/C11H16BrN3/c1-4-6-7-13-8-10-11(12)9(3)14-15(10)5-2/h13H,5,7-8H2,1-3H3. The number of nitrogens with zero attached hydrogens (tertiary/aromatic N) is 2. The van der Waals surface area contributed by atoms with Gasteiger partial charge >= 0.3 is 0 Å². The van der Waals surface area contributed by atoms with Gasteiger partial charge in [-0.1, -0.05) is 5.92 Å². The average Bonchev–Trinajstić information content (AvgIpc) is 2.51. The van der Waals surface area contributed by atoms with Gasteiger partial charge in [-0.25, -0.2) is 0 Å². The van der Waals surface area contributed by atoms with Crippen LogP contribution in [-0.2, 0) is 13.1 Å². The molecular weight excluding hydrogens is 254 g/mol. The van der Waals surface area contributed by atoms with Gasteiger partial charge in [-0.05, 0) is 36.7 Å². The van der Waals surface area contributed by atoms with Crippen LogP contribution in [0.25, 0.3) is 0 Å². The summed E-state index contributed by atoms with van der Waals surface area (Å²) in [5.74, 6) is 5.83. The fraction of sp³-hybridized carbons (Fsp3) is 0.545. The van der Waals surface area contributed by atoms with Crippen molar-refractivity contribution in [2.45, 2.75) is 33.9 Å². The van der Waals surface area contributed by atoms with E-state index < -0.39 is 0 Å². The summed E-state index contributed by atoms with van der Waals surface area (Å²) in [6.07, 6.45) is 0. The van der Waals surface area contributed by atoms with Crippen LogP contribution >= 0.6 is 15.9 Å². The van der Waals surface area contributed by atoms with Crippen LogP contribution in [0, 0.1) is 18.8 Å². The number of hydrogen-bond acceptors (Lipinski definition) is 2. The van der Waals surface area contributed by atoms with Crippen LogP contribution in [0.3, 0.4) is 0 Å². The van der Waals surface area contributed by atoms with Crippen LogP contribution in [0.2, 0.25) is 0 Å². The van der Waals surface area contributed by atoms with Gasteiger partial charge in [-0.3, -0.25) is 4.68 Å². The molecule has 82 valence electrons. The van der Waals surface area contributed by atoms with Gasteiger partial charge < -0.3 is 5.32 Å². The molecule has 0 saturated heterocycles. The monoisotopic (exact) mass is 269 g/mol. The molecule has 15 heavy (non-hydrogen) atoms. The second kappa shape index (κ2) is 5.94. The maximum absolute atomic E-state index is 4.42. The molecule has 0 spiro atoms. The summed E-state index contributed by atoms with van der Waals surface area (Å²) in [7, 11) is 0. The van der Waals surface area contributed by atoms with E-state index in [2.05, 4.69) is 45.1 Å². The van der Waals surface area contributed by atoms with E-state index in [0.717, 1.165) is 29.8 Å². The van der Waals surface area contributed by atoms with Crippen molar-refractivity contribution >= 4 is 15.9 Å². The van der Waals surface area contributed by atoms with E-state index in [1.54, 1.807) is 0 Å². The van der Waals surface area contributed by atoms with E-state index in [1.807, 2.05) is 18.5 Å². The first kappa shape index (κ1) is 12.3. The Morgan fingerprint density at radius 1 is 1.53 bits per heavy atom. The van der Waals surface area contributed by atoms with Crippen molar-refractivity contribution in [3.05, 3.63) is 15.9 Å². The zero-order valence-electron chi connectivity index (χ0n) is 9.39. The molecule has 3 nitrogen and oxygen atoms in total. The molecule has 0 aliphatic rings. The first-order chi connectivity index (χ1) is 7.20.